The van der Waals surface area contributed by atoms with Crippen molar-refractivity contribution in [2.75, 3.05) is 33.7 Å². The van der Waals surface area contributed by atoms with Crippen LogP contribution in [0.3, 0.4) is 0 Å². The van der Waals surface area contributed by atoms with E-state index in [1.54, 1.807) is 0 Å². The van der Waals surface area contributed by atoms with Crippen LogP contribution in [0, 0.1) is 5.92 Å². The Morgan fingerprint density at radius 3 is 2.53 bits per heavy atom. The fraction of sp³-hybridized carbons (Fsp3) is 0.647. The van der Waals surface area contributed by atoms with Gasteiger partial charge in [-0.25, -0.2) is 0 Å². The molecule has 19 heavy (non-hydrogen) atoms. The van der Waals surface area contributed by atoms with Crippen LogP contribution in [-0.4, -0.2) is 49.6 Å². The molecule has 1 saturated heterocycles. The largest absolute Gasteiger partial charge is 0.306 e. The first-order valence-electron chi connectivity index (χ1n) is 7.68. The predicted molar refractivity (Wildman–Crippen MR) is 80.4 cm³/mol. The van der Waals surface area contributed by atoms with Gasteiger partial charge in [0.1, 0.15) is 0 Å². The van der Waals surface area contributed by atoms with E-state index in [9.17, 15) is 0 Å². The average molecular weight is 258 g/mol. The molecule has 3 rings (SSSR count). The minimum absolute atomic E-state index is 0.789. The highest BCUT2D eigenvalue weighted by molar-refractivity contribution is 5.27. The minimum atomic E-state index is 0.789. The highest BCUT2D eigenvalue weighted by Crippen LogP contribution is 2.44. The predicted octanol–water partition coefficient (Wildman–Crippen LogP) is 2.82. The van der Waals surface area contributed by atoms with E-state index in [0.29, 0.717) is 0 Å². The summed E-state index contributed by atoms with van der Waals surface area (Å²) in [5, 5.41) is 0. The Morgan fingerprint density at radius 1 is 1.16 bits per heavy atom. The van der Waals surface area contributed by atoms with Gasteiger partial charge in [-0.2, -0.15) is 0 Å². The molecule has 2 heteroatoms. The van der Waals surface area contributed by atoms with E-state index in [4.69, 9.17) is 0 Å². The molecule has 2 aliphatic rings. The van der Waals surface area contributed by atoms with Crippen molar-refractivity contribution < 1.29 is 0 Å². The zero-order chi connectivity index (χ0) is 13.2. The first-order valence-corrected chi connectivity index (χ1v) is 7.68. The molecular weight excluding hydrogens is 232 g/mol. The van der Waals surface area contributed by atoms with E-state index >= 15 is 0 Å². The van der Waals surface area contributed by atoms with Crippen molar-refractivity contribution in [1.82, 2.24) is 9.80 Å². The van der Waals surface area contributed by atoms with Crippen LogP contribution < -0.4 is 0 Å². The lowest BCUT2D eigenvalue weighted by atomic mass is 9.96. The highest BCUT2D eigenvalue weighted by Gasteiger charge is 2.41. The quantitative estimate of drug-likeness (QED) is 0.819. The van der Waals surface area contributed by atoms with Crippen LogP contribution in [0.4, 0.5) is 0 Å². The molecule has 1 heterocycles. The maximum absolute atomic E-state index is 2.62. The lowest BCUT2D eigenvalue weighted by molar-refractivity contribution is 0.172. The normalized spacial score (nSPS) is 28.8. The number of likely N-dealkylation sites (tertiary alicyclic amines) is 1. The summed E-state index contributed by atoms with van der Waals surface area (Å²) in [5.41, 5.74) is 1.53. The smallest absolute Gasteiger partial charge is 0.0168 e. The van der Waals surface area contributed by atoms with Crippen LogP contribution in [-0.2, 0) is 0 Å². The van der Waals surface area contributed by atoms with E-state index in [0.717, 1.165) is 17.9 Å². The number of rotatable bonds is 4. The molecule has 0 N–H and O–H groups in total. The van der Waals surface area contributed by atoms with Crippen LogP contribution >= 0.6 is 0 Å². The Balaban J connectivity index is 1.49. The zero-order valence-electron chi connectivity index (χ0n) is 12.3. The molecule has 0 radical (unpaired) electrons. The number of benzene rings is 1. The Labute approximate surface area is 117 Å². The number of hydrogen-bond acceptors (Lipinski definition) is 2. The van der Waals surface area contributed by atoms with E-state index in [1.165, 1.54) is 44.5 Å². The standard InChI is InChI=1S/C17H26N2/c1-18-10-8-14(9-11-18)13-19(2)17-12-16(17)15-6-4-3-5-7-15/h3-7,14,16-17H,8-13H2,1-2H3/t16-,17+/m0/s1. The Hall–Kier alpha value is -0.860. The van der Waals surface area contributed by atoms with Crippen molar-refractivity contribution in [3.63, 3.8) is 0 Å². The van der Waals surface area contributed by atoms with Gasteiger partial charge in [-0.3, -0.25) is 0 Å². The third-order valence-electron chi connectivity index (χ3n) is 4.93. The summed E-state index contributed by atoms with van der Waals surface area (Å²) in [6.07, 6.45) is 4.11. The maximum atomic E-state index is 2.62. The summed E-state index contributed by atoms with van der Waals surface area (Å²) in [6.45, 7) is 3.86. The average Bonchev–Trinajstić information content (AvgIpc) is 3.23. The van der Waals surface area contributed by atoms with Crippen molar-refractivity contribution in [1.29, 1.82) is 0 Å². The topological polar surface area (TPSA) is 6.48 Å². The molecular formula is C17H26N2. The zero-order valence-corrected chi connectivity index (χ0v) is 12.3. The number of likely N-dealkylation sites (N-methyl/N-ethyl adjacent to an activating group) is 1. The SMILES string of the molecule is CN1CCC(CN(C)[C@@H]2C[C@H]2c2ccccc2)CC1. The molecule has 0 unspecified atom stereocenters. The van der Waals surface area contributed by atoms with Gasteiger partial charge < -0.3 is 9.80 Å². The number of piperidine rings is 1. The van der Waals surface area contributed by atoms with E-state index in [2.05, 4.69) is 54.2 Å². The molecule has 2 atom stereocenters. The molecule has 2 fully saturated rings. The monoisotopic (exact) mass is 258 g/mol. The van der Waals surface area contributed by atoms with Gasteiger partial charge >= 0.3 is 0 Å². The van der Waals surface area contributed by atoms with Crippen LogP contribution in [0.25, 0.3) is 0 Å². The van der Waals surface area contributed by atoms with Crippen molar-refractivity contribution in [3.8, 4) is 0 Å². The summed E-state index contributed by atoms with van der Waals surface area (Å²) in [7, 11) is 4.57. The molecule has 104 valence electrons. The number of nitrogens with zero attached hydrogens (tertiary/aromatic N) is 2. The summed E-state index contributed by atoms with van der Waals surface area (Å²) in [5.74, 6) is 1.70. The fourth-order valence-electron chi connectivity index (χ4n) is 3.51. The lowest BCUT2D eigenvalue weighted by Crippen LogP contribution is -2.36. The molecule has 1 aliphatic carbocycles. The first kappa shape index (κ1) is 13.1. The minimum Gasteiger partial charge on any atom is -0.306 e. The van der Waals surface area contributed by atoms with Gasteiger partial charge in [-0.15, -0.1) is 0 Å². The highest BCUT2D eigenvalue weighted by atomic mass is 15.2. The van der Waals surface area contributed by atoms with E-state index in [1.807, 2.05) is 0 Å². The maximum Gasteiger partial charge on any atom is 0.0168 e. The van der Waals surface area contributed by atoms with Gasteiger partial charge in [0.2, 0.25) is 0 Å². The van der Waals surface area contributed by atoms with Crippen molar-refractivity contribution >= 4 is 0 Å². The van der Waals surface area contributed by atoms with Crippen molar-refractivity contribution in [2.24, 2.45) is 5.92 Å². The van der Waals surface area contributed by atoms with Crippen molar-refractivity contribution in [2.45, 2.75) is 31.2 Å². The first-order chi connectivity index (χ1) is 9.24. The molecule has 2 nitrogen and oxygen atoms in total. The van der Waals surface area contributed by atoms with Gasteiger partial charge in [0.05, 0.1) is 0 Å². The van der Waals surface area contributed by atoms with Gasteiger partial charge in [0.15, 0.2) is 0 Å². The molecule has 0 spiro atoms. The molecule has 1 aliphatic heterocycles. The Bertz CT molecular complexity index is 395. The Kier molecular flexibility index (Phi) is 3.90. The van der Waals surface area contributed by atoms with Crippen LogP contribution in [0.1, 0.15) is 30.7 Å². The molecule has 0 bridgehead atoms. The second kappa shape index (κ2) is 5.64. The summed E-state index contributed by atoms with van der Waals surface area (Å²) in [4.78, 5) is 5.08. The van der Waals surface area contributed by atoms with Gasteiger partial charge in [0, 0.05) is 18.5 Å². The fourth-order valence-corrected chi connectivity index (χ4v) is 3.51. The summed E-state index contributed by atoms with van der Waals surface area (Å²) < 4.78 is 0. The molecule has 0 aromatic heterocycles. The molecule has 1 aromatic rings. The molecule has 1 aromatic carbocycles. The van der Waals surface area contributed by atoms with E-state index < -0.39 is 0 Å². The second-order valence-electron chi connectivity index (χ2n) is 6.51. The Morgan fingerprint density at radius 2 is 1.84 bits per heavy atom. The third kappa shape index (κ3) is 3.18. The van der Waals surface area contributed by atoms with E-state index in [-0.39, 0.29) is 0 Å². The van der Waals surface area contributed by atoms with Gasteiger partial charge in [-0.05, 0) is 57.9 Å². The van der Waals surface area contributed by atoms with Crippen LogP contribution in [0.5, 0.6) is 0 Å². The van der Waals surface area contributed by atoms with Gasteiger partial charge in [0.25, 0.3) is 0 Å². The molecule has 1 saturated carbocycles. The molecule has 0 amide bonds. The summed E-state index contributed by atoms with van der Waals surface area (Å²) in [6, 6.07) is 11.8. The second-order valence-corrected chi connectivity index (χ2v) is 6.51. The lowest BCUT2D eigenvalue weighted by Gasteiger charge is -2.31. The van der Waals surface area contributed by atoms with Crippen LogP contribution in [0.2, 0.25) is 0 Å². The van der Waals surface area contributed by atoms with Gasteiger partial charge in [-0.1, -0.05) is 30.3 Å². The van der Waals surface area contributed by atoms with Crippen LogP contribution in [0.15, 0.2) is 30.3 Å². The third-order valence-corrected chi connectivity index (χ3v) is 4.93. The number of hydrogen-bond donors (Lipinski definition) is 0. The summed E-state index contributed by atoms with van der Waals surface area (Å²) >= 11 is 0. The van der Waals surface area contributed by atoms with Crippen molar-refractivity contribution in [3.05, 3.63) is 35.9 Å².